The van der Waals surface area contributed by atoms with Gasteiger partial charge >= 0.3 is 0 Å². The number of aromatic amines is 1. The lowest BCUT2D eigenvalue weighted by molar-refractivity contribution is -0.113. The van der Waals surface area contributed by atoms with Gasteiger partial charge in [0.15, 0.2) is 5.78 Å². The van der Waals surface area contributed by atoms with Crippen LogP contribution in [0.25, 0.3) is 16.5 Å². The normalized spacial score (nSPS) is 18.6. The quantitative estimate of drug-likeness (QED) is 0.843. The average Bonchev–Trinajstić information content (AvgIpc) is 3.24. The summed E-state index contributed by atoms with van der Waals surface area (Å²) in [4.78, 5) is 33.5. The van der Waals surface area contributed by atoms with Crippen LogP contribution in [-0.2, 0) is 4.79 Å². The number of carbonyl (C=O) groups is 1. The Morgan fingerprint density at radius 1 is 1.32 bits per heavy atom. The monoisotopic (exact) mass is 360 g/mol. The standard InChI is InChI=1S/C15H13BrN4O2/c16-7-1-4-9-10(5-7)18-14(19-15(9)22)12-11(21)6-20(13(12)17)8-2-3-8/h1,4-5,8H,2-3,6,17H2,(H,18,19,22). The Morgan fingerprint density at radius 2 is 2.09 bits per heavy atom. The maximum atomic E-state index is 12.3. The number of aromatic nitrogens is 2. The van der Waals surface area contributed by atoms with E-state index >= 15 is 0 Å². The van der Waals surface area contributed by atoms with Crippen molar-refractivity contribution in [2.24, 2.45) is 5.73 Å². The fourth-order valence-corrected chi connectivity index (χ4v) is 3.15. The Labute approximate surface area is 134 Å². The lowest BCUT2D eigenvalue weighted by Gasteiger charge is -2.17. The molecule has 0 unspecified atom stereocenters. The van der Waals surface area contributed by atoms with Gasteiger partial charge in [0.05, 0.1) is 17.4 Å². The lowest BCUT2D eigenvalue weighted by atomic mass is 10.1. The van der Waals surface area contributed by atoms with Crippen LogP contribution >= 0.6 is 15.9 Å². The Balaban J connectivity index is 1.90. The van der Waals surface area contributed by atoms with Crippen LogP contribution in [0.5, 0.6) is 0 Å². The van der Waals surface area contributed by atoms with Crippen LogP contribution in [0.3, 0.4) is 0 Å². The van der Waals surface area contributed by atoms with Crippen molar-refractivity contribution in [2.45, 2.75) is 18.9 Å². The molecule has 6 nitrogen and oxygen atoms in total. The molecule has 4 rings (SSSR count). The van der Waals surface area contributed by atoms with E-state index in [1.54, 1.807) is 18.2 Å². The smallest absolute Gasteiger partial charge is 0.259 e. The summed E-state index contributed by atoms with van der Waals surface area (Å²) in [6.07, 6.45) is 2.10. The maximum Gasteiger partial charge on any atom is 0.259 e. The fraction of sp³-hybridized carbons (Fsp3) is 0.267. The Hall–Kier alpha value is -2.15. The van der Waals surface area contributed by atoms with Gasteiger partial charge in [-0.1, -0.05) is 15.9 Å². The topological polar surface area (TPSA) is 92.1 Å². The van der Waals surface area contributed by atoms with Crippen molar-refractivity contribution in [3.8, 4) is 0 Å². The van der Waals surface area contributed by atoms with Gasteiger partial charge in [0.25, 0.3) is 5.56 Å². The van der Waals surface area contributed by atoms with Gasteiger partial charge in [-0.05, 0) is 31.0 Å². The van der Waals surface area contributed by atoms with Crippen molar-refractivity contribution in [3.63, 3.8) is 0 Å². The van der Waals surface area contributed by atoms with Gasteiger partial charge in [0, 0.05) is 10.5 Å². The zero-order valence-corrected chi connectivity index (χ0v) is 13.2. The molecule has 0 spiro atoms. The lowest BCUT2D eigenvalue weighted by Crippen LogP contribution is -2.27. The van der Waals surface area contributed by atoms with E-state index in [2.05, 4.69) is 25.9 Å². The number of nitrogens with two attached hydrogens (primary N) is 1. The van der Waals surface area contributed by atoms with E-state index < -0.39 is 0 Å². The van der Waals surface area contributed by atoms with Crippen molar-refractivity contribution < 1.29 is 4.79 Å². The number of carbonyl (C=O) groups excluding carboxylic acids is 1. The predicted octanol–water partition coefficient (Wildman–Crippen LogP) is 1.36. The van der Waals surface area contributed by atoms with E-state index in [9.17, 15) is 9.59 Å². The minimum Gasteiger partial charge on any atom is -0.385 e. The van der Waals surface area contributed by atoms with Crippen molar-refractivity contribution in [1.29, 1.82) is 0 Å². The first-order valence-electron chi connectivity index (χ1n) is 7.04. The van der Waals surface area contributed by atoms with Crippen LogP contribution in [0.4, 0.5) is 0 Å². The number of nitrogens with one attached hydrogen (secondary N) is 1. The molecule has 3 N–H and O–H groups in total. The third kappa shape index (κ3) is 2.04. The van der Waals surface area contributed by atoms with Gasteiger partial charge in [0.2, 0.25) is 0 Å². The molecule has 1 aromatic carbocycles. The van der Waals surface area contributed by atoms with E-state index in [1.807, 2.05) is 4.90 Å². The Kier molecular flexibility index (Phi) is 2.87. The number of ketones is 1. The molecule has 0 bridgehead atoms. The number of H-pyrrole nitrogens is 1. The number of rotatable bonds is 2. The van der Waals surface area contributed by atoms with E-state index in [0.29, 0.717) is 28.3 Å². The van der Waals surface area contributed by atoms with Crippen LogP contribution in [0.2, 0.25) is 0 Å². The number of hydrogen-bond acceptors (Lipinski definition) is 5. The fourth-order valence-electron chi connectivity index (χ4n) is 2.80. The van der Waals surface area contributed by atoms with E-state index in [-0.39, 0.29) is 23.7 Å². The Morgan fingerprint density at radius 3 is 2.82 bits per heavy atom. The van der Waals surface area contributed by atoms with E-state index in [0.717, 1.165) is 17.3 Å². The molecule has 112 valence electrons. The molecular weight excluding hydrogens is 348 g/mol. The van der Waals surface area contributed by atoms with Crippen molar-refractivity contribution in [1.82, 2.24) is 14.9 Å². The summed E-state index contributed by atoms with van der Waals surface area (Å²) in [5.74, 6) is 0.577. The first kappa shape index (κ1) is 13.5. The molecular formula is C15H13BrN4O2. The molecule has 0 atom stereocenters. The summed E-state index contributed by atoms with van der Waals surface area (Å²) < 4.78 is 0.823. The minimum absolute atomic E-state index is 0.0955. The first-order chi connectivity index (χ1) is 10.5. The summed E-state index contributed by atoms with van der Waals surface area (Å²) >= 11 is 3.36. The van der Waals surface area contributed by atoms with Crippen LogP contribution < -0.4 is 11.3 Å². The van der Waals surface area contributed by atoms with Gasteiger partial charge in [-0.25, -0.2) is 4.98 Å². The van der Waals surface area contributed by atoms with Crippen LogP contribution in [0.1, 0.15) is 18.7 Å². The molecule has 2 aliphatic rings. The number of benzene rings is 1. The molecule has 0 amide bonds. The summed E-state index contributed by atoms with van der Waals surface area (Å²) in [5, 5.41) is 0.482. The minimum atomic E-state index is -0.273. The van der Waals surface area contributed by atoms with Crippen LogP contribution in [0.15, 0.2) is 33.3 Å². The SMILES string of the molecule is NC1=C(c2nc3cc(Br)ccc3c(=O)[nH]2)C(=O)CN1C1CC1. The van der Waals surface area contributed by atoms with Gasteiger partial charge < -0.3 is 15.6 Å². The third-order valence-electron chi connectivity index (χ3n) is 4.05. The second kappa shape index (κ2) is 4.67. The molecule has 7 heteroatoms. The highest BCUT2D eigenvalue weighted by molar-refractivity contribution is 9.10. The highest BCUT2D eigenvalue weighted by Gasteiger charge is 2.39. The summed E-state index contributed by atoms with van der Waals surface area (Å²) in [5.41, 5.74) is 6.71. The summed E-state index contributed by atoms with van der Waals surface area (Å²) in [6, 6.07) is 5.58. The number of hydrogen-bond donors (Lipinski definition) is 2. The van der Waals surface area contributed by atoms with Crippen molar-refractivity contribution in [2.75, 3.05) is 6.54 Å². The van der Waals surface area contributed by atoms with E-state index in [4.69, 9.17) is 5.73 Å². The van der Waals surface area contributed by atoms with Crippen molar-refractivity contribution in [3.05, 3.63) is 44.7 Å². The molecule has 1 aliphatic heterocycles. The van der Waals surface area contributed by atoms with Gasteiger partial charge in [-0.15, -0.1) is 0 Å². The molecule has 1 aromatic heterocycles. The average molecular weight is 361 g/mol. The predicted molar refractivity (Wildman–Crippen MR) is 85.9 cm³/mol. The zero-order valence-electron chi connectivity index (χ0n) is 11.6. The zero-order chi connectivity index (χ0) is 15.4. The number of Topliss-reactive ketones (excluding diaryl/α,β-unsaturated/α-hetero) is 1. The highest BCUT2D eigenvalue weighted by atomic mass is 79.9. The first-order valence-corrected chi connectivity index (χ1v) is 7.83. The Bertz CT molecular complexity index is 898. The molecule has 22 heavy (non-hydrogen) atoms. The highest BCUT2D eigenvalue weighted by Crippen LogP contribution is 2.34. The van der Waals surface area contributed by atoms with Gasteiger partial charge in [-0.3, -0.25) is 9.59 Å². The number of nitrogens with zero attached hydrogens (tertiary/aromatic N) is 2. The van der Waals surface area contributed by atoms with Gasteiger partial charge in [0.1, 0.15) is 17.2 Å². The summed E-state index contributed by atoms with van der Waals surface area (Å²) in [6.45, 7) is 0.270. The molecule has 1 fully saturated rings. The van der Waals surface area contributed by atoms with Crippen LogP contribution in [-0.4, -0.2) is 33.2 Å². The van der Waals surface area contributed by atoms with Gasteiger partial charge in [-0.2, -0.15) is 0 Å². The van der Waals surface area contributed by atoms with E-state index in [1.165, 1.54) is 0 Å². The molecule has 2 heterocycles. The molecule has 1 aliphatic carbocycles. The number of halogens is 1. The second-order valence-corrected chi connectivity index (χ2v) is 6.53. The second-order valence-electron chi connectivity index (χ2n) is 5.62. The van der Waals surface area contributed by atoms with Crippen molar-refractivity contribution >= 4 is 38.2 Å². The van der Waals surface area contributed by atoms with Crippen LogP contribution in [0, 0.1) is 0 Å². The molecule has 1 saturated carbocycles. The largest absolute Gasteiger partial charge is 0.385 e. The maximum absolute atomic E-state index is 12.3. The molecule has 2 aromatic rings. The summed E-state index contributed by atoms with van der Waals surface area (Å²) in [7, 11) is 0. The molecule has 0 radical (unpaired) electrons. The molecule has 0 saturated heterocycles. The third-order valence-corrected chi connectivity index (χ3v) is 4.54. The number of fused-ring (bicyclic) bond motifs is 1.